The van der Waals surface area contributed by atoms with E-state index in [0.29, 0.717) is 11.6 Å². The third kappa shape index (κ3) is 6.15. The summed E-state index contributed by atoms with van der Waals surface area (Å²) in [6.45, 7) is 0.716. The van der Waals surface area contributed by atoms with E-state index < -0.39 is 41.4 Å². The van der Waals surface area contributed by atoms with Crippen molar-refractivity contribution < 1.29 is 32.2 Å². The summed E-state index contributed by atoms with van der Waals surface area (Å²) in [6.07, 6.45) is -2.18. The first kappa shape index (κ1) is 25.7. The summed E-state index contributed by atoms with van der Waals surface area (Å²) in [4.78, 5) is 29.6. The van der Waals surface area contributed by atoms with E-state index in [1.54, 1.807) is 0 Å². The Hall–Kier alpha value is -4.90. The zero-order chi connectivity index (χ0) is 26.3. The van der Waals surface area contributed by atoms with Gasteiger partial charge in [0, 0.05) is 18.1 Å². The molecule has 1 amide bonds. The molecule has 0 saturated carbocycles. The van der Waals surface area contributed by atoms with Gasteiger partial charge in [-0.3, -0.25) is 9.78 Å². The van der Waals surface area contributed by atoms with Crippen LogP contribution in [0.1, 0.15) is 34.0 Å². The largest absolute Gasteiger partial charge is 0.489 e. The number of benzene rings is 2. The molecule has 0 spiro atoms. The van der Waals surface area contributed by atoms with Crippen LogP contribution < -0.4 is 10.1 Å². The smallest absolute Gasteiger partial charge is 0.417 e. The van der Waals surface area contributed by atoms with Crippen molar-refractivity contribution in [2.75, 3.05) is 11.9 Å². The third-order valence-corrected chi connectivity index (χ3v) is 4.90. The number of pyridine rings is 1. The summed E-state index contributed by atoms with van der Waals surface area (Å²) in [5.74, 6) is -1.64. The normalized spacial score (nSPS) is 12.4. The summed E-state index contributed by atoms with van der Waals surface area (Å²) >= 11 is 0. The standard InChI is InChI=1S/C25H17F3N4O4/c1-24(36-22(33)18-3-2-10-31-14-18,15-35-20-8-4-16(12-29)5-9-20)23(34)32-19-7-6-17(13-30)21(11-19)25(26,27)28/h2-11,14H,15H2,1H3,(H,32,34)/t24-/m0/s1. The van der Waals surface area contributed by atoms with Gasteiger partial charge in [0.25, 0.3) is 5.91 Å². The molecule has 2 aromatic carbocycles. The molecule has 0 radical (unpaired) electrons. The number of aromatic nitrogens is 1. The lowest BCUT2D eigenvalue weighted by Crippen LogP contribution is -2.49. The van der Waals surface area contributed by atoms with Crippen LogP contribution in [0.25, 0.3) is 0 Å². The molecule has 1 N–H and O–H groups in total. The SMILES string of the molecule is C[C@@](COc1ccc(C#N)cc1)(OC(=O)c1cccnc1)C(=O)Nc1ccc(C#N)c(C(F)(F)F)c1. The van der Waals surface area contributed by atoms with E-state index in [1.807, 2.05) is 6.07 Å². The number of ether oxygens (including phenoxy) is 2. The number of carbonyl (C=O) groups excluding carboxylic acids is 2. The Kier molecular flexibility index (Phi) is 7.55. The minimum Gasteiger partial charge on any atom is -0.489 e. The number of anilines is 1. The molecule has 0 bridgehead atoms. The van der Waals surface area contributed by atoms with E-state index in [2.05, 4.69) is 10.3 Å². The molecule has 0 fully saturated rings. The van der Waals surface area contributed by atoms with Crippen LogP contribution in [-0.4, -0.2) is 29.1 Å². The molecule has 0 unspecified atom stereocenters. The first-order chi connectivity index (χ1) is 17.1. The third-order valence-electron chi connectivity index (χ3n) is 4.90. The Bertz CT molecular complexity index is 1350. The number of rotatable bonds is 7. The van der Waals surface area contributed by atoms with Crippen molar-refractivity contribution in [3.05, 3.63) is 89.2 Å². The van der Waals surface area contributed by atoms with Gasteiger partial charge in [0.05, 0.1) is 34.4 Å². The van der Waals surface area contributed by atoms with Crippen molar-refractivity contribution >= 4 is 17.6 Å². The van der Waals surface area contributed by atoms with Gasteiger partial charge in [0.2, 0.25) is 5.60 Å². The van der Waals surface area contributed by atoms with Crippen LogP contribution in [0, 0.1) is 22.7 Å². The number of nitrogens with one attached hydrogen (secondary N) is 1. The number of amides is 1. The van der Waals surface area contributed by atoms with Gasteiger partial charge < -0.3 is 14.8 Å². The van der Waals surface area contributed by atoms with Crippen molar-refractivity contribution in [1.82, 2.24) is 4.98 Å². The number of hydrogen-bond acceptors (Lipinski definition) is 7. The van der Waals surface area contributed by atoms with Crippen LogP contribution in [0.4, 0.5) is 18.9 Å². The fraction of sp³-hybridized carbons (Fsp3) is 0.160. The lowest BCUT2D eigenvalue weighted by Gasteiger charge is -2.28. The number of carbonyl (C=O) groups is 2. The van der Waals surface area contributed by atoms with E-state index in [4.69, 9.17) is 20.0 Å². The first-order valence-electron chi connectivity index (χ1n) is 10.2. The van der Waals surface area contributed by atoms with Crippen LogP contribution in [-0.2, 0) is 15.7 Å². The molecular formula is C25H17F3N4O4. The van der Waals surface area contributed by atoms with E-state index in [1.165, 1.54) is 61.8 Å². The van der Waals surface area contributed by atoms with Gasteiger partial charge in [-0.1, -0.05) is 0 Å². The van der Waals surface area contributed by atoms with Gasteiger partial charge in [0.15, 0.2) is 0 Å². The summed E-state index contributed by atoms with van der Waals surface area (Å²) in [6, 6.07) is 14.8. The molecule has 182 valence electrons. The molecule has 1 aromatic heterocycles. The Morgan fingerprint density at radius 1 is 1.06 bits per heavy atom. The number of nitrogens with zero attached hydrogens (tertiary/aromatic N) is 3. The Balaban J connectivity index is 1.88. The highest BCUT2D eigenvalue weighted by atomic mass is 19.4. The van der Waals surface area contributed by atoms with E-state index in [0.717, 1.165) is 12.1 Å². The highest BCUT2D eigenvalue weighted by molar-refractivity contribution is 6.00. The molecular weight excluding hydrogens is 477 g/mol. The molecule has 8 nitrogen and oxygen atoms in total. The summed E-state index contributed by atoms with van der Waals surface area (Å²) in [5, 5.41) is 20.2. The van der Waals surface area contributed by atoms with Crippen molar-refractivity contribution in [3.8, 4) is 17.9 Å². The highest BCUT2D eigenvalue weighted by Crippen LogP contribution is 2.34. The number of nitriles is 2. The zero-order valence-corrected chi connectivity index (χ0v) is 18.7. The summed E-state index contributed by atoms with van der Waals surface area (Å²) < 4.78 is 51.0. The van der Waals surface area contributed by atoms with Gasteiger partial charge in [-0.2, -0.15) is 23.7 Å². The van der Waals surface area contributed by atoms with Crippen molar-refractivity contribution in [2.24, 2.45) is 0 Å². The number of hydrogen-bond donors (Lipinski definition) is 1. The molecule has 0 aliphatic carbocycles. The minimum absolute atomic E-state index is 0.0348. The zero-order valence-electron chi connectivity index (χ0n) is 18.7. The van der Waals surface area contributed by atoms with Crippen LogP contribution in [0.15, 0.2) is 67.0 Å². The van der Waals surface area contributed by atoms with E-state index in [-0.39, 0.29) is 17.0 Å². The molecule has 0 aliphatic rings. The molecule has 0 saturated heterocycles. The van der Waals surface area contributed by atoms with Crippen molar-refractivity contribution in [3.63, 3.8) is 0 Å². The maximum absolute atomic E-state index is 13.3. The molecule has 1 heterocycles. The first-order valence-corrected chi connectivity index (χ1v) is 10.2. The number of halogens is 3. The monoisotopic (exact) mass is 494 g/mol. The Morgan fingerprint density at radius 2 is 1.78 bits per heavy atom. The lowest BCUT2D eigenvalue weighted by atomic mass is 10.0. The molecule has 3 rings (SSSR count). The number of alkyl halides is 3. The van der Waals surface area contributed by atoms with Crippen molar-refractivity contribution in [1.29, 1.82) is 10.5 Å². The average molecular weight is 494 g/mol. The minimum atomic E-state index is -4.83. The second-order valence-corrected chi connectivity index (χ2v) is 7.61. The van der Waals surface area contributed by atoms with Crippen LogP contribution in [0.5, 0.6) is 5.75 Å². The quantitative estimate of drug-likeness (QED) is 0.480. The molecule has 3 aromatic rings. The molecule has 1 atom stereocenters. The van der Waals surface area contributed by atoms with Gasteiger partial charge in [-0.25, -0.2) is 4.79 Å². The van der Waals surface area contributed by atoms with Crippen LogP contribution >= 0.6 is 0 Å². The van der Waals surface area contributed by atoms with E-state index in [9.17, 15) is 22.8 Å². The van der Waals surface area contributed by atoms with Crippen molar-refractivity contribution in [2.45, 2.75) is 18.7 Å². The lowest BCUT2D eigenvalue weighted by molar-refractivity contribution is -0.138. The number of esters is 1. The molecule has 11 heteroatoms. The second-order valence-electron chi connectivity index (χ2n) is 7.61. The Morgan fingerprint density at radius 3 is 2.36 bits per heavy atom. The fourth-order valence-electron chi connectivity index (χ4n) is 2.95. The fourth-order valence-corrected chi connectivity index (χ4v) is 2.95. The van der Waals surface area contributed by atoms with Gasteiger partial charge in [0.1, 0.15) is 12.4 Å². The topological polar surface area (TPSA) is 125 Å². The van der Waals surface area contributed by atoms with Crippen LogP contribution in [0.3, 0.4) is 0 Å². The molecule has 36 heavy (non-hydrogen) atoms. The maximum atomic E-state index is 13.3. The summed E-state index contributed by atoms with van der Waals surface area (Å²) in [7, 11) is 0. The van der Waals surface area contributed by atoms with E-state index >= 15 is 0 Å². The Labute approximate surface area is 203 Å². The van der Waals surface area contributed by atoms with Gasteiger partial charge >= 0.3 is 12.1 Å². The highest BCUT2D eigenvalue weighted by Gasteiger charge is 2.40. The second kappa shape index (κ2) is 10.6. The summed E-state index contributed by atoms with van der Waals surface area (Å²) in [5.41, 5.74) is -3.72. The van der Waals surface area contributed by atoms with Crippen LogP contribution in [0.2, 0.25) is 0 Å². The predicted octanol–water partition coefficient (Wildman–Crippen LogP) is 4.48. The maximum Gasteiger partial charge on any atom is 0.417 e. The van der Waals surface area contributed by atoms with Gasteiger partial charge in [-0.05, 0) is 61.5 Å². The van der Waals surface area contributed by atoms with Gasteiger partial charge in [-0.15, -0.1) is 0 Å². The molecule has 0 aliphatic heterocycles. The predicted molar refractivity (Wildman–Crippen MR) is 119 cm³/mol. The average Bonchev–Trinajstić information content (AvgIpc) is 2.87.